The van der Waals surface area contributed by atoms with Gasteiger partial charge in [-0.25, -0.2) is 0 Å². The summed E-state index contributed by atoms with van der Waals surface area (Å²) in [5.74, 6) is 0. The van der Waals surface area contributed by atoms with Gasteiger partial charge in [0.15, 0.2) is 0 Å². The summed E-state index contributed by atoms with van der Waals surface area (Å²) >= 11 is 0. The van der Waals surface area contributed by atoms with Gasteiger partial charge in [-0.3, -0.25) is 0 Å². The second kappa shape index (κ2) is 18.6. The molecule has 0 bridgehead atoms. The molecule has 0 saturated heterocycles. The Hall–Kier alpha value is 2.29. The first kappa shape index (κ1) is 33.6. The molecule has 0 spiro atoms. The minimum Gasteiger partial charge on any atom is 0 e. The van der Waals surface area contributed by atoms with Crippen molar-refractivity contribution >= 4 is 23.1 Å². The number of hydrogen-bond acceptors (Lipinski definition) is 0. The summed E-state index contributed by atoms with van der Waals surface area (Å²) in [6.45, 7) is 0. The normalized spacial score (nSPS) is 0. The van der Waals surface area contributed by atoms with Crippen molar-refractivity contribution in [1.29, 1.82) is 0 Å². The first-order valence-corrected chi connectivity index (χ1v) is 0. The molecule has 2 radical (unpaired) electrons. The van der Waals surface area contributed by atoms with E-state index in [1.54, 1.807) is 0 Å². The quantitative estimate of drug-likeness (QED) is 0.451. The zero-order valence-corrected chi connectivity index (χ0v) is 3.92. The van der Waals surface area contributed by atoms with E-state index in [9.17, 15) is 0 Å². The molecule has 0 aromatic heterocycles. The van der Waals surface area contributed by atoms with Crippen molar-refractivity contribution in [3.63, 3.8) is 0 Å². The molecule has 0 amide bonds. The summed E-state index contributed by atoms with van der Waals surface area (Å²) in [5, 5.41) is 0. The Balaban J connectivity index is 0. The van der Waals surface area contributed by atoms with Gasteiger partial charge in [0, 0.05) is 50.3 Å². The van der Waals surface area contributed by atoms with Gasteiger partial charge in [-0.15, -0.1) is 0 Å². The standard InChI is InChI=1S/Co.Cu.Mg.Ni.2H. The molecule has 0 aromatic rings. The monoisotopic (exact) mass is 206 g/mol. The van der Waals surface area contributed by atoms with Crippen LogP contribution < -0.4 is 0 Å². The third-order valence-corrected chi connectivity index (χ3v) is 0. The van der Waals surface area contributed by atoms with Crippen LogP contribution in [0.15, 0.2) is 0 Å². The van der Waals surface area contributed by atoms with E-state index in [1.165, 1.54) is 0 Å². The summed E-state index contributed by atoms with van der Waals surface area (Å²) < 4.78 is 0. The van der Waals surface area contributed by atoms with Gasteiger partial charge in [-0.05, 0) is 0 Å². The molecule has 0 nitrogen and oxygen atoms in total. The van der Waals surface area contributed by atoms with Crippen LogP contribution in [0.25, 0.3) is 0 Å². The molecule has 0 unspecified atom stereocenters. The Bertz CT molecular complexity index is 8.00. The predicted octanol–water partition coefficient (Wildman–Crippen LogP) is -0.924. The molecule has 0 aliphatic carbocycles. The van der Waals surface area contributed by atoms with Gasteiger partial charge in [0.1, 0.15) is 0 Å². The van der Waals surface area contributed by atoms with Crippen LogP contribution >= 0.6 is 0 Å². The molecule has 0 heterocycles. The first-order chi connectivity index (χ1) is 0. The summed E-state index contributed by atoms with van der Waals surface area (Å²) in [5.41, 5.74) is 0. The van der Waals surface area contributed by atoms with Crippen molar-refractivity contribution in [2.75, 3.05) is 0 Å². The Morgan fingerprint density at radius 2 is 1.00 bits per heavy atom. The van der Waals surface area contributed by atoms with Gasteiger partial charge >= 0.3 is 23.1 Å². The maximum absolute atomic E-state index is 0. The molecular formula is H2CoCuMgNi. The molecule has 0 aliphatic rings. The molecule has 4 heteroatoms. The smallest absolute Gasteiger partial charge is 0 e. The Morgan fingerprint density at radius 3 is 1.00 bits per heavy atom. The zero-order chi connectivity index (χ0) is 0. The second-order valence-corrected chi connectivity index (χ2v) is 0. The summed E-state index contributed by atoms with van der Waals surface area (Å²) in [6, 6.07) is 0. The van der Waals surface area contributed by atoms with Crippen LogP contribution in [0.1, 0.15) is 0 Å². The van der Waals surface area contributed by atoms with Crippen molar-refractivity contribution in [1.82, 2.24) is 0 Å². The zero-order valence-electron chi connectivity index (χ0n) is 0.951. The van der Waals surface area contributed by atoms with Gasteiger partial charge in [0.2, 0.25) is 0 Å². The summed E-state index contributed by atoms with van der Waals surface area (Å²) in [6.07, 6.45) is 0. The Kier molecular flexibility index (Phi) is 156. The van der Waals surface area contributed by atoms with Gasteiger partial charge < -0.3 is 0 Å². The molecule has 0 atom stereocenters. The van der Waals surface area contributed by atoms with Crippen molar-refractivity contribution < 1.29 is 50.3 Å². The van der Waals surface area contributed by atoms with E-state index < -0.39 is 0 Å². The molecular weight excluding hydrogens is 205 g/mol. The molecule has 34 valence electrons. The maximum Gasteiger partial charge on any atom is 0.316 e. The molecule has 0 fully saturated rings. The SMILES string of the molecule is [Co].[Cu].[MgH2].[Ni]. The summed E-state index contributed by atoms with van der Waals surface area (Å²) in [4.78, 5) is 0. The van der Waals surface area contributed by atoms with E-state index in [4.69, 9.17) is 0 Å². The van der Waals surface area contributed by atoms with Gasteiger partial charge in [-0.1, -0.05) is 0 Å². The van der Waals surface area contributed by atoms with Crippen molar-refractivity contribution in [3.05, 3.63) is 0 Å². The van der Waals surface area contributed by atoms with Crippen LogP contribution in [0, 0.1) is 0 Å². The van der Waals surface area contributed by atoms with E-state index in [1.807, 2.05) is 0 Å². The molecule has 4 heavy (non-hydrogen) atoms. The molecule has 0 aromatic carbocycles. The van der Waals surface area contributed by atoms with Gasteiger partial charge in [0.25, 0.3) is 0 Å². The van der Waals surface area contributed by atoms with E-state index in [0.29, 0.717) is 0 Å². The van der Waals surface area contributed by atoms with Crippen molar-refractivity contribution in [2.24, 2.45) is 0 Å². The van der Waals surface area contributed by atoms with Crippen LogP contribution in [0.3, 0.4) is 0 Å². The van der Waals surface area contributed by atoms with Gasteiger partial charge in [0.05, 0.1) is 0 Å². The molecule has 0 aliphatic heterocycles. The van der Waals surface area contributed by atoms with Crippen LogP contribution in [0.2, 0.25) is 0 Å². The average molecular weight is 207 g/mol. The average Bonchev–Trinajstić information content (AvgIpc) is 0. The van der Waals surface area contributed by atoms with E-state index in [-0.39, 0.29) is 73.4 Å². The van der Waals surface area contributed by atoms with Crippen molar-refractivity contribution in [3.8, 4) is 0 Å². The van der Waals surface area contributed by atoms with Crippen LogP contribution in [-0.4, -0.2) is 23.1 Å². The second-order valence-electron chi connectivity index (χ2n) is 0. The Morgan fingerprint density at radius 1 is 1.00 bits per heavy atom. The number of hydrogen-bond donors (Lipinski definition) is 0. The van der Waals surface area contributed by atoms with Crippen LogP contribution in [-0.2, 0) is 50.3 Å². The van der Waals surface area contributed by atoms with E-state index >= 15 is 0 Å². The van der Waals surface area contributed by atoms with E-state index in [2.05, 4.69) is 0 Å². The first-order valence-electron chi connectivity index (χ1n) is 0. The molecule has 0 rings (SSSR count). The minimum atomic E-state index is 0. The summed E-state index contributed by atoms with van der Waals surface area (Å²) in [7, 11) is 0. The molecule has 0 saturated carbocycles. The minimum absolute atomic E-state index is 0. The third-order valence-electron chi connectivity index (χ3n) is 0. The van der Waals surface area contributed by atoms with Crippen LogP contribution in [0.4, 0.5) is 0 Å². The van der Waals surface area contributed by atoms with Crippen LogP contribution in [0.5, 0.6) is 0 Å². The predicted molar refractivity (Wildman–Crippen MR) is 8.54 cm³/mol. The fourth-order valence-electron chi connectivity index (χ4n) is 0. The maximum atomic E-state index is 0. The fourth-order valence-corrected chi connectivity index (χ4v) is 0. The topological polar surface area (TPSA) is 0 Å². The van der Waals surface area contributed by atoms with Crippen molar-refractivity contribution in [2.45, 2.75) is 0 Å². The largest absolute Gasteiger partial charge is 0.316 e. The fraction of sp³-hybridized carbons (Fsp3) is 0. The third kappa shape index (κ3) is 8.86. The van der Waals surface area contributed by atoms with E-state index in [0.717, 1.165) is 0 Å². The molecule has 0 N–H and O–H groups in total. The number of rotatable bonds is 0. The Labute approximate surface area is 72.6 Å². The van der Waals surface area contributed by atoms with Gasteiger partial charge in [-0.2, -0.15) is 0 Å².